The van der Waals surface area contributed by atoms with Crippen LogP contribution in [0.5, 0.6) is 0 Å². The maximum atomic E-state index is 11.8. The average molecular weight is 236 g/mol. The first-order valence-corrected chi connectivity index (χ1v) is 6.80. The molecule has 17 heavy (non-hydrogen) atoms. The summed E-state index contributed by atoms with van der Waals surface area (Å²) in [7, 11) is 0. The third-order valence-corrected chi connectivity index (χ3v) is 4.71. The summed E-state index contributed by atoms with van der Waals surface area (Å²) in [6.07, 6.45) is 5.22. The number of carbonyl (C=O) groups excluding carboxylic acids is 1. The molecule has 1 saturated carbocycles. The molecule has 3 heteroatoms. The molecule has 2 unspecified atom stereocenters. The van der Waals surface area contributed by atoms with Crippen LogP contribution in [0.3, 0.4) is 0 Å². The molecule has 1 amide bonds. The summed E-state index contributed by atoms with van der Waals surface area (Å²) in [5.74, 6) is 0.934. The van der Waals surface area contributed by atoms with Crippen molar-refractivity contribution in [1.82, 2.24) is 5.01 Å². The van der Waals surface area contributed by atoms with E-state index in [1.54, 1.807) is 5.01 Å². The van der Waals surface area contributed by atoms with E-state index in [4.69, 9.17) is 0 Å². The van der Waals surface area contributed by atoms with Gasteiger partial charge in [-0.25, -0.2) is 5.01 Å². The van der Waals surface area contributed by atoms with Gasteiger partial charge in [-0.2, -0.15) is 5.10 Å². The molecule has 1 heterocycles. The van der Waals surface area contributed by atoms with Crippen molar-refractivity contribution < 1.29 is 4.79 Å². The summed E-state index contributed by atoms with van der Waals surface area (Å²) < 4.78 is 0. The van der Waals surface area contributed by atoms with Crippen LogP contribution >= 0.6 is 0 Å². The van der Waals surface area contributed by atoms with Crippen molar-refractivity contribution in [3.8, 4) is 0 Å². The highest BCUT2D eigenvalue weighted by atomic mass is 16.2. The lowest BCUT2D eigenvalue weighted by molar-refractivity contribution is -0.130. The molecule has 0 aromatic heterocycles. The van der Waals surface area contributed by atoms with Crippen LogP contribution in [0.25, 0.3) is 0 Å². The molecule has 0 saturated heterocycles. The first kappa shape index (κ1) is 12.6. The third-order valence-electron chi connectivity index (χ3n) is 4.71. The SMILES string of the molecule is CCC(C)(C)C1CCC(N2N=C(C)CC2=O)C1. The molecule has 2 rings (SSSR count). The van der Waals surface area contributed by atoms with Gasteiger partial charge in [0, 0.05) is 5.71 Å². The van der Waals surface area contributed by atoms with Crippen molar-refractivity contribution in [3.05, 3.63) is 0 Å². The van der Waals surface area contributed by atoms with Crippen LogP contribution in [-0.2, 0) is 4.79 Å². The Bertz CT molecular complexity index is 346. The maximum absolute atomic E-state index is 11.8. The van der Waals surface area contributed by atoms with Crippen molar-refractivity contribution >= 4 is 11.6 Å². The van der Waals surface area contributed by atoms with Gasteiger partial charge in [-0.05, 0) is 37.5 Å². The van der Waals surface area contributed by atoms with Crippen LogP contribution in [0.4, 0.5) is 0 Å². The molecular formula is C14H24N2O. The van der Waals surface area contributed by atoms with E-state index < -0.39 is 0 Å². The summed E-state index contributed by atoms with van der Waals surface area (Å²) in [6, 6.07) is 0.357. The monoisotopic (exact) mass is 236 g/mol. The minimum atomic E-state index is 0.197. The van der Waals surface area contributed by atoms with E-state index in [1.165, 1.54) is 12.8 Å². The molecule has 0 N–H and O–H groups in total. The van der Waals surface area contributed by atoms with Gasteiger partial charge in [-0.15, -0.1) is 0 Å². The second-order valence-corrected chi connectivity index (χ2v) is 6.26. The zero-order valence-electron chi connectivity index (χ0n) is 11.5. The molecule has 96 valence electrons. The minimum absolute atomic E-state index is 0.197. The standard InChI is InChI=1S/C14H24N2O/c1-5-14(3,4)11-6-7-12(9-11)16-13(17)8-10(2)15-16/h11-12H,5-9H2,1-4H3. The van der Waals surface area contributed by atoms with Gasteiger partial charge in [0.15, 0.2) is 0 Å². The van der Waals surface area contributed by atoms with Crippen molar-refractivity contribution in [1.29, 1.82) is 0 Å². The first-order valence-electron chi connectivity index (χ1n) is 6.80. The lowest BCUT2D eigenvalue weighted by Crippen LogP contribution is -2.32. The third kappa shape index (κ3) is 2.38. The highest BCUT2D eigenvalue weighted by Gasteiger charge is 2.39. The average Bonchev–Trinajstić information content (AvgIpc) is 2.85. The van der Waals surface area contributed by atoms with Crippen LogP contribution < -0.4 is 0 Å². The van der Waals surface area contributed by atoms with Gasteiger partial charge in [-0.1, -0.05) is 27.2 Å². The Hall–Kier alpha value is -0.860. The van der Waals surface area contributed by atoms with E-state index in [9.17, 15) is 4.79 Å². The first-order chi connectivity index (χ1) is 7.94. The molecule has 1 aliphatic carbocycles. The van der Waals surface area contributed by atoms with E-state index in [2.05, 4.69) is 25.9 Å². The summed E-state index contributed by atoms with van der Waals surface area (Å²) in [6.45, 7) is 8.90. The van der Waals surface area contributed by atoms with E-state index in [0.29, 0.717) is 17.9 Å². The second kappa shape index (κ2) is 4.43. The molecular weight excluding hydrogens is 212 g/mol. The normalized spacial score (nSPS) is 30.0. The Labute approximate surface area is 104 Å². The fraction of sp³-hybridized carbons (Fsp3) is 0.857. The van der Waals surface area contributed by atoms with Crippen molar-refractivity contribution in [2.75, 3.05) is 0 Å². The fourth-order valence-electron chi connectivity index (χ4n) is 3.04. The Morgan fingerprint density at radius 2 is 2.12 bits per heavy atom. The molecule has 1 aliphatic heterocycles. The number of nitrogens with zero attached hydrogens (tertiary/aromatic N) is 2. The number of hydrogen-bond donors (Lipinski definition) is 0. The predicted octanol–water partition coefficient (Wildman–Crippen LogP) is 3.20. The topological polar surface area (TPSA) is 32.7 Å². The lowest BCUT2D eigenvalue weighted by atomic mass is 9.76. The number of hydrazone groups is 1. The van der Waals surface area contributed by atoms with Gasteiger partial charge in [0.05, 0.1) is 12.5 Å². The van der Waals surface area contributed by atoms with Crippen LogP contribution in [0, 0.1) is 11.3 Å². The van der Waals surface area contributed by atoms with Gasteiger partial charge < -0.3 is 0 Å². The Morgan fingerprint density at radius 1 is 1.41 bits per heavy atom. The smallest absolute Gasteiger partial charge is 0.248 e. The predicted molar refractivity (Wildman–Crippen MR) is 69.8 cm³/mol. The van der Waals surface area contributed by atoms with Gasteiger partial charge in [-0.3, -0.25) is 4.79 Å². The van der Waals surface area contributed by atoms with Crippen molar-refractivity contribution in [3.63, 3.8) is 0 Å². The van der Waals surface area contributed by atoms with Gasteiger partial charge in [0.25, 0.3) is 0 Å². The summed E-state index contributed by atoms with van der Waals surface area (Å²) in [4.78, 5) is 11.8. The minimum Gasteiger partial charge on any atom is -0.273 e. The number of carbonyl (C=O) groups is 1. The fourth-order valence-corrected chi connectivity index (χ4v) is 3.04. The maximum Gasteiger partial charge on any atom is 0.248 e. The Kier molecular flexibility index (Phi) is 3.28. The Morgan fingerprint density at radius 3 is 2.65 bits per heavy atom. The van der Waals surface area contributed by atoms with Crippen LogP contribution in [0.1, 0.15) is 59.8 Å². The van der Waals surface area contributed by atoms with Crippen molar-refractivity contribution in [2.24, 2.45) is 16.4 Å². The molecule has 0 radical (unpaired) electrons. The van der Waals surface area contributed by atoms with Gasteiger partial charge in [0.1, 0.15) is 0 Å². The molecule has 0 aromatic carbocycles. The summed E-state index contributed by atoms with van der Waals surface area (Å²) in [5, 5.41) is 6.16. The Balaban J connectivity index is 2.01. The quantitative estimate of drug-likeness (QED) is 0.740. The van der Waals surface area contributed by atoms with Crippen molar-refractivity contribution in [2.45, 2.75) is 65.8 Å². The van der Waals surface area contributed by atoms with E-state index in [0.717, 1.165) is 24.5 Å². The number of amides is 1. The molecule has 2 aliphatic rings. The zero-order valence-corrected chi connectivity index (χ0v) is 11.5. The number of hydrogen-bond acceptors (Lipinski definition) is 2. The molecule has 2 atom stereocenters. The zero-order chi connectivity index (χ0) is 12.6. The van der Waals surface area contributed by atoms with Crippen LogP contribution in [0.2, 0.25) is 0 Å². The molecule has 0 aromatic rings. The molecule has 3 nitrogen and oxygen atoms in total. The second-order valence-electron chi connectivity index (χ2n) is 6.26. The lowest BCUT2D eigenvalue weighted by Gasteiger charge is -2.31. The van der Waals surface area contributed by atoms with Gasteiger partial charge in [0.2, 0.25) is 5.91 Å². The summed E-state index contributed by atoms with van der Waals surface area (Å²) >= 11 is 0. The van der Waals surface area contributed by atoms with E-state index >= 15 is 0 Å². The van der Waals surface area contributed by atoms with Crippen LogP contribution in [-0.4, -0.2) is 22.7 Å². The molecule has 1 fully saturated rings. The largest absolute Gasteiger partial charge is 0.273 e. The number of rotatable bonds is 3. The van der Waals surface area contributed by atoms with E-state index in [-0.39, 0.29) is 5.91 Å². The molecule has 0 bridgehead atoms. The molecule has 0 spiro atoms. The highest BCUT2D eigenvalue weighted by molar-refractivity contribution is 6.03. The summed E-state index contributed by atoms with van der Waals surface area (Å²) in [5.41, 5.74) is 1.37. The van der Waals surface area contributed by atoms with E-state index in [1.807, 2.05) is 6.92 Å². The van der Waals surface area contributed by atoms with Crippen LogP contribution in [0.15, 0.2) is 5.10 Å². The highest BCUT2D eigenvalue weighted by Crippen LogP contribution is 2.43. The van der Waals surface area contributed by atoms with Gasteiger partial charge >= 0.3 is 0 Å².